The summed E-state index contributed by atoms with van der Waals surface area (Å²) in [6.07, 6.45) is 3.83. The molecule has 0 aliphatic carbocycles. The van der Waals surface area contributed by atoms with Crippen LogP contribution in [0.3, 0.4) is 0 Å². The van der Waals surface area contributed by atoms with Crippen molar-refractivity contribution in [2.24, 2.45) is 5.73 Å². The van der Waals surface area contributed by atoms with Gasteiger partial charge >= 0.3 is 5.97 Å². The summed E-state index contributed by atoms with van der Waals surface area (Å²) in [7, 11) is 0. The molecule has 2 N–H and O–H groups in total. The lowest BCUT2D eigenvalue weighted by Gasteiger charge is -2.09. The van der Waals surface area contributed by atoms with E-state index in [9.17, 15) is 4.79 Å². The summed E-state index contributed by atoms with van der Waals surface area (Å²) < 4.78 is 10.2. The zero-order valence-electron chi connectivity index (χ0n) is 10.5. The third kappa shape index (κ3) is 6.32. The van der Waals surface area contributed by atoms with E-state index in [2.05, 4.69) is 6.92 Å². The number of carbonyl (C=O) groups is 1. The van der Waals surface area contributed by atoms with E-state index in [-0.39, 0.29) is 11.9 Å². The molecule has 0 atom stereocenters. The van der Waals surface area contributed by atoms with Crippen molar-refractivity contribution in [3.8, 4) is 0 Å². The summed E-state index contributed by atoms with van der Waals surface area (Å²) in [5, 5.41) is 0. The number of esters is 1. The van der Waals surface area contributed by atoms with E-state index in [4.69, 9.17) is 15.2 Å². The number of nitrogens with two attached hydrogens (primary N) is 1. The third-order valence-corrected chi connectivity index (χ3v) is 2.16. The minimum absolute atomic E-state index is 0.176. The van der Waals surface area contributed by atoms with Crippen LogP contribution in [-0.2, 0) is 14.3 Å². The number of carbonyl (C=O) groups excluding carboxylic acids is 1. The molecule has 0 aliphatic heterocycles. The Morgan fingerprint density at radius 2 is 1.56 bits per heavy atom. The number of hydrogen-bond donors (Lipinski definition) is 1. The SMILES string of the molecule is CCCCOC(=O)C(C)=C(N)OCCCC. The van der Waals surface area contributed by atoms with Crippen molar-refractivity contribution in [2.45, 2.75) is 46.5 Å². The Bertz CT molecular complexity index is 236. The molecule has 0 spiro atoms. The molecule has 0 unspecified atom stereocenters. The Morgan fingerprint density at radius 1 is 1.06 bits per heavy atom. The highest BCUT2D eigenvalue weighted by atomic mass is 16.5. The van der Waals surface area contributed by atoms with Crippen molar-refractivity contribution in [1.29, 1.82) is 0 Å². The van der Waals surface area contributed by atoms with Crippen LogP contribution in [0, 0.1) is 0 Å². The van der Waals surface area contributed by atoms with E-state index >= 15 is 0 Å². The van der Waals surface area contributed by atoms with Crippen molar-refractivity contribution < 1.29 is 14.3 Å². The number of hydrogen-bond acceptors (Lipinski definition) is 4. The van der Waals surface area contributed by atoms with Gasteiger partial charge in [0, 0.05) is 0 Å². The van der Waals surface area contributed by atoms with Crippen molar-refractivity contribution in [1.82, 2.24) is 0 Å². The maximum atomic E-state index is 11.5. The molecule has 0 aromatic heterocycles. The van der Waals surface area contributed by atoms with Gasteiger partial charge in [-0.3, -0.25) is 0 Å². The molecule has 0 radical (unpaired) electrons. The highest BCUT2D eigenvalue weighted by Crippen LogP contribution is 2.04. The molecule has 0 saturated carbocycles. The number of unbranched alkanes of at least 4 members (excludes halogenated alkanes) is 2. The lowest BCUT2D eigenvalue weighted by atomic mass is 10.3. The van der Waals surface area contributed by atoms with E-state index in [1.165, 1.54) is 0 Å². The van der Waals surface area contributed by atoms with Gasteiger partial charge in [0.2, 0.25) is 0 Å². The first-order valence-corrected chi connectivity index (χ1v) is 5.89. The highest BCUT2D eigenvalue weighted by Gasteiger charge is 2.10. The van der Waals surface area contributed by atoms with Crippen molar-refractivity contribution in [3.05, 3.63) is 11.5 Å². The summed E-state index contributed by atoms with van der Waals surface area (Å²) in [6, 6.07) is 0. The second-order valence-electron chi connectivity index (χ2n) is 3.68. The molecule has 0 aromatic carbocycles. The molecule has 0 aromatic rings. The van der Waals surface area contributed by atoms with Crippen LogP contribution in [-0.4, -0.2) is 19.2 Å². The van der Waals surface area contributed by atoms with Gasteiger partial charge in [0.05, 0.1) is 18.8 Å². The molecule has 16 heavy (non-hydrogen) atoms. The molecule has 94 valence electrons. The summed E-state index contributed by atoms with van der Waals surface area (Å²) in [5.41, 5.74) is 5.97. The zero-order chi connectivity index (χ0) is 12.4. The second kappa shape index (κ2) is 9.07. The predicted octanol–water partition coefficient (Wildman–Crippen LogP) is 2.34. The Labute approximate surface area is 97.8 Å². The Balaban J connectivity index is 4.00. The van der Waals surface area contributed by atoms with Crippen LogP contribution in [0.4, 0.5) is 0 Å². The quantitative estimate of drug-likeness (QED) is 0.300. The first-order valence-electron chi connectivity index (χ1n) is 5.89. The highest BCUT2D eigenvalue weighted by molar-refractivity contribution is 5.88. The molecular weight excluding hydrogens is 206 g/mol. The summed E-state index contributed by atoms with van der Waals surface area (Å²) in [6.45, 7) is 6.71. The van der Waals surface area contributed by atoms with Gasteiger partial charge in [0.25, 0.3) is 0 Å². The Hall–Kier alpha value is -1.19. The van der Waals surface area contributed by atoms with Crippen LogP contribution in [0.5, 0.6) is 0 Å². The monoisotopic (exact) mass is 229 g/mol. The Kier molecular flexibility index (Phi) is 8.39. The van der Waals surface area contributed by atoms with Gasteiger partial charge in [-0.25, -0.2) is 4.79 Å². The predicted molar refractivity (Wildman–Crippen MR) is 63.6 cm³/mol. The minimum Gasteiger partial charge on any atom is -0.479 e. The molecule has 0 fully saturated rings. The maximum Gasteiger partial charge on any atom is 0.339 e. The fraction of sp³-hybridized carbons (Fsp3) is 0.750. The lowest BCUT2D eigenvalue weighted by Crippen LogP contribution is -2.15. The molecule has 0 saturated heterocycles. The van der Waals surface area contributed by atoms with Crippen molar-refractivity contribution in [3.63, 3.8) is 0 Å². The second-order valence-corrected chi connectivity index (χ2v) is 3.68. The zero-order valence-corrected chi connectivity index (χ0v) is 10.5. The van der Waals surface area contributed by atoms with Crippen molar-refractivity contribution in [2.75, 3.05) is 13.2 Å². The van der Waals surface area contributed by atoms with Crippen LogP contribution in [0.2, 0.25) is 0 Å². The average Bonchev–Trinajstić information content (AvgIpc) is 2.28. The normalized spacial score (nSPS) is 11.9. The van der Waals surface area contributed by atoms with Crippen LogP contribution in [0.15, 0.2) is 11.5 Å². The third-order valence-electron chi connectivity index (χ3n) is 2.16. The molecule has 0 rings (SSSR count). The van der Waals surface area contributed by atoms with E-state index in [0.29, 0.717) is 18.8 Å². The van der Waals surface area contributed by atoms with Crippen LogP contribution in [0.1, 0.15) is 46.5 Å². The number of rotatable bonds is 8. The van der Waals surface area contributed by atoms with Gasteiger partial charge in [-0.05, 0) is 19.8 Å². The minimum atomic E-state index is -0.387. The van der Waals surface area contributed by atoms with Gasteiger partial charge in [-0.2, -0.15) is 0 Å². The van der Waals surface area contributed by atoms with Gasteiger partial charge in [-0.1, -0.05) is 26.7 Å². The van der Waals surface area contributed by atoms with Gasteiger partial charge in [-0.15, -0.1) is 0 Å². The molecule has 4 nitrogen and oxygen atoms in total. The largest absolute Gasteiger partial charge is 0.479 e. The van der Waals surface area contributed by atoms with Gasteiger partial charge in [0.1, 0.15) is 0 Å². The fourth-order valence-corrected chi connectivity index (χ4v) is 0.953. The van der Waals surface area contributed by atoms with E-state index in [1.54, 1.807) is 6.92 Å². The molecule has 0 bridgehead atoms. The maximum absolute atomic E-state index is 11.5. The molecular formula is C12H23NO3. The molecule has 0 heterocycles. The smallest absolute Gasteiger partial charge is 0.339 e. The van der Waals surface area contributed by atoms with Crippen LogP contribution in [0.25, 0.3) is 0 Å². The van der Waals surface area contributed by atoms with E-state index in [0.717, 1.165) is 25.7 Å². The summed E-state index contributed by atoms with van der Waals surface area (Å²) in [5.74, 6) is -0.211. The standard InChI is InChI=1S/C12H23NO3/c1-4-6-8-15-11(13)10(3)12(14)16-9-7-5-2/h4-9,13H2,1-3H3. The fourth-order valence-electron chi connectivity index (χ4n) is 0.953. The summed E-state index contributed by atoms with van der Waals surface area (Å²) in [4.78, 5) is 11.5. The topological polar surface area (TPSA) is 61.5 Å². The first kappa shape index (κ1) is 14.8. The van der Waals surface area contributed by atoms with E-state index < -0.39 is 0 Å². The van der Waals surface area contributed by atoms with Gasteiger partial charge in [0.15, 0.2) is 5.88 Å². The van der Waals surface area contributed by atoms with Gasteiger partial charge < -0.3 is 15.2 Å². The number of ether oxygens (including phenoxy) is 2. The molecule has 0 aliphatic rings. The van der Waals surface area contributed by atoms with Crippen molar-refractivity contribution >= 4 is 5.97 Å². The Morgan fingerprint density at radius 3 is 2.06 bits per heavy atom. The van der Waals surface area contributed by atoms with E-state index in [1.807, 2.05) is 6.92 Å². The summed E-state index contributed by atoms with van der Waals surface area (Å²) >= 11 is 0. The molecule has 4 heteroatoms. The van der Waals surface area contributed by atoms with Crippen LogP contribution >= 0.6 is 0 Å². The lowest BCUT2D eigenvalue weighted by molar-refractivity contribution is -0.139. The average molecular weight is 229 g/mol. The van der Waals surface area contributed by atoms with Crippen LogP contribution < -0.4 is 5.73 Å². The molecule has 0 amide bonds. The first-order chi connectivity index (χ1) is 7.63.